The number of ether oxygens (including phenoxy) is 2. The monoisotopic (exact) mass is 558 g/mol. The third-order valence-electron chi connectivity index (χ3n) is 5.30. The predicted molar refractivity (Wildman–Crippen MR) is 165 cm³/mol. The summed E-state index contributed by atoms with van der Waals surface area (Å²) in [6, 6.07) is 0. The minimum absolute atomic E-state index is 0.00921. The number of nitrogens with one attached hydrogen (secondary N) is 1. The summed E-state index contributed by atoms with van der Waals surface area (Å²) in [6.45, 7) is 36.7. The van der Waals surface area contributed by atoms with Crippen LogP contribution >= 0.6 is 0 Å². The van der Waals surface area contributed by atoms with Crippen molar-refractivity contribution in [1.82, 2.24) is 10.2 Å². The van der Waals surface area contributed by atoms with E-state index in [1.54, 1.807) is 11.8 Å². The smallest absolute Gasteiger partial charge is 0.410 e. The normalized spacial score (nSPS) is 14.6. The van der Waals surface area contributed by atoms with Gasteiger partial charge in [0, 0.05) is 18.0 Å². The Labute approximate surface area is 242 Å². The largest absolute Gasteiger partial charge is 0.466 e. The van der Waals surface area contributed by atoms with Crippen molar-refractivity contribution in [3.63, 3.8) is 0 Å². The van der Waals surface area contributed by atoms with E-state index in [9.17, 15) is 14.4 Å². The molecule has 1 N–H and O–H groups in total. The van der Waals surface area contributed by atoms with Gasteiger partial charge in [-0.15, -0.1) is 0 Å². The lowest BCUT2D eigenvalue weighted by Crippen LogP contribution is -2.43. The number of amides is 2. The van der Waals surface area contributed by atoms with Crippen LogP contribution in [-0.2, 0) is 19.1 Å². The predicted octanol–water partition coefficient (Wildman–Crippen LogP) is 8.10. The summed E-state index contributed by atoms with van der Waals surface area (Å²) in [5.74, 6) is 1.45. The van der Waals surface area contributed by atoms with E-state index in [0.717, 1.165) is 12.5 Å². The molecule has 0 spiro atoms. The van der Waals surface area contributed by atoms with Crippen LogP contribution in [0.3, 0.4) is 0 Å². The highest BCUT2D eigenvalue weighted by Crippen LogP contribution is 2.24. The SMILES string of the molecule is CC(C)C(=O)NC(C)(C)C.CC(C)CCC(C)(C)C.CC(C)CN1C(=O)OCC1(C)C.CCOC(=O)C(C)C. The van der Waals surface area contributed by atoms with Crippen molar-refractivity contribution in [2.24, 2.45) is 29.1 Å². The summed E-state index contributed by atoms with van der Waals surface area (Å²) >= 11 is 0. The van der Waals surface area contributed by atoms with Crippen LogP contribution in [0, 0.1) is 29.1 Å². The summed E-state index contributed by atoms with van der Waals surface area (Å²) in [6.07, 6.45) is 2.54. The highest BCUT2D eigenvalue weighted by molar-refractivity contribution is 5.78. The fourth-order valence-corrected chi connectivity index (χ4v) is 2.87. The van der Waals surface area contributed by atoms with Gasteiger partial charge >= 0.3 is 12.1 Å². The third-order valence-corrected chi connectivity index (χ3v) is 5.30. The molecule has 2 amide bonds. The van der Waals surface area contributed by atoms with E-state index in [4.69, 9.17) is 4.74 Å². The van der Waals surface area contributed by atoms with Crippen LogP contribution < -0.4 is 5.32 Å². The summed E-state index contributed by atoms with van der Waals surface area (Å²) in [7, 11) is 0. The van der Waals surface area contributed by atoms with Crippen molar-refractivity contribution in [3.05, 3.63) is 0 Å². The maximum Gasteiger partial charge on any atom is 0.410 e. The second kappa shape index (κ2) is 19.3. The Hall–Kier alpha value is -1.79. The number of carbonyl (C=O) groups excluding carboxylic acids is 3. The molecule has 0 aliphatic carbocycles. The lowest BCUT2D eigenvalue weighted by Gasteiger charge is -2.29. The van der Waals surface area contributed by atoms with Crippen LogP contribution in [-0.4, -0.2) is 53.7 Å². The maximum absolute atomic E-state index is 11.2. The molecule has 1 fully saturated rings. The highest BCUT2D eigenvalue weighted by Gasteiger charge is 2.39. The van der Waals surface area contributed by atoms with Crippen molar-refractivity contribution in [2.45, 2.75) is 142 Å². The Morgan fingerprint density at radius 2 is 1.41 bits per heavy atom. The maximum atomic E-state index is 11.2. The van der Waals surface area contributed by atoms with Crippen LogP contribution in [0.5, 0.6) is 0 Å². The lowest BCUT2D eigenvalue weighted by molar-refractivity contribution is -0.146. The minimum atomic E-state index is -0.172. The van der Waals surface area contributed by atoms with Gasteiger partial charge < -0.3 is 14.8 Å². The number of carbonyl (C=O) groups is 3. The van der Waals surface area contributed by atoms with Crippen molar-refractivity contribution in [2.75, 3.05) is 19.8 Å². The topological polar surface area (TPSA) is 84.9 Å². The molecule has 1 heterocycles. The number of esters is 1. The van der Waals surface area contributed by atoms with Gasteiger partial charge in [0.2, 0.25) is 5.91 Å². The zero-order valence-corrected chi connectivity index (χ0v) is 28.8. The van der Waals surface area contributed by atoms with E-state index in [-0.39, 0.29) is 40.9 Å². The van der Waals surface area contributed by atoms with Crippen molar-refractivity contribution in [3.8, 4) is 0 Å². The highest BCUT2D eigenvalue weighted by atomic mass is 16.6. The third kappa shape index (κ3) is 26.2. The second-order valence-electron chi connectivity index (χ2n) is 14.7. The number of cyclic esters (lactones) is 1. The molecule has 0 atom stereocenters. The molecule has 1 aliphatic rings. The Morgan fingerprint density at radius 3 is 1.59 bits per heavy atom. The summed E-state index contributed by atoms with van der Waals surface area (Å²) in [5, 5.41) is 2.88. The molecule has 7 nitrogen and oxygen atoms in total. The summed E-state index contributed by atoms with van der Waals surface area (Å²) in [4.78, 5) is 34.6. The second-order valence-corrected chi connectivity index (χ2v) is 14.7. The molecule has 0 radical (unpaired) electrons. The molecule has 7 heteroatoms. The van der Waals surface area contributed by atoms with Crippen molar-refractivity contribution in [1.29, 1.82) is 0 Å². The van der Waals surface area contributed by atoms with Gasteiger partial charge in [0.15, 0.2) is 0 Å². The quantitative estimate of drug-likeness (QED) is 0.319. The molecule has 0 aromatic rings. The Bertz CT molecular complexity index is 684. The van der Waals surface area contributed by atoms with Crippen LogP contribution in [0.25, 0.3) is 0 Å². The van der Waals surface area contributed by atoms with Crippen LogP contribution in [0.15, 0.2) is 0 Å². The Kier molecular flexibility index (Phi) is 20.6. The molecule has 234 valence electrons. The average Bonchev–Trinajstić information content (AvgIpc) is 2.98. The van der Waals surface area contributed by atoms with E-state index in [2.05, 4.69) is 58.5 Å². The van der Waals surface area contributed by atoms with Gasteiger partial charge in [0.05, 0.1) is 18.1 Å². The molecule has 0 bridgehead atoms. The fraction of sp³-hybridized carbons (Fsp3) is 0.906. The molecule has 39 heavy (non-hydrogen) atoms. The van der Waals surface area contributed by atoms with Crippen LogP contribution in [0.4, 0.5) is 4.79 Å². The summed E-state index contributed by atoms with van der Waals surface area (Å²) < 4.78 is 9.63. The van der Waals surface area contributed by atoms with Crippen LogP contribution in [0.2, 0.25) is 0 Å². The number of nitrogens with zero attached hydrogens (tertiary/aromatic N) is 1. The van der Waals surface area contributed by atoms with E-state index in [1.165, 1.54) is 12.8 Å². The molecule has 1 saturated heterocycles. The number of hydrogen-bond acceptors (Lipinski definition) is 5. The molecule has 0 saturated carbocycles. The molecule has 1 rings (SSSR count). The first kappa shape index (κ1) is 41.7. The molecule has 0 unspecified atom stereocenters. The molecule has 0 aromatic heterocycles. The van der Waals surface area contributed by atoms with Gasteiger partial charge in [-0.25, -0.2) is 4.79 Å². The van der Waals surface area contributed by atoms with Crippen molar-refractivity contribution < 1.29 is 23.9 Å². The van der Waals surface area contributed by atoms with Crippen LogP contribution in [0.1, 0.15) is 131 Å². The van der Waals surface area contributed by atoms with Gasteiger partial charge in [-0.05, 0) is 65.2 Å². The zero-order valence-electron chi connectivity index (χ0n) is 28.8. The Morgan fingerprint density at radius 1 is 0.923 bits per heavy atom. The zero-order chi connectivity index (χ0) is 31.8. The van der Waals surface area contributed by atoms with Gasteiger partial charge in [0.1, 0.15) is 6.61 Å². The standard InChI is InChI=1S/C9H17NO2.C9H20.C8H17NO.C6H12O2/c1-7(2)5-10-8(11)12-6-9(10,3)4;1-8(2)6-7-9(3,4)5;1-6(2)7(10)9-8(3,4)5;1-4-8-6(7)5(2)3/h7H,5-6H2,1-4H3;8H,6-7H2,1-5H3;6H,1-5H3,(H,9,10);5H,4H2,1-3H3. The Balaban J connectivity index is -0.000000449. The average molecular weight is 559 g/mol. The van der Waals surface area contributed by atoms with E-state index in [0.29, 0.717) is 24.5 Å². The van der Waals surface area contributed by atoms with Gasteiger partial charge in [0.25, 0.3) is 0 Å². The van der Waals surface area contributed by atoms with Gasteiger partial charge in [-0.2, -0.15) is 0 Å². The van der Waals surface area contributed by atoms with Crippen molar-refractivity contribution >= 4 is 18.0 Å². The van der Waals surface area contributed by atoms with E-state index >= 15 is 0 Å². The lowest BCUT2D eigenvalue weighted by atomic mass is 9.88. The first-order valence-corrected chi connectivity index (χ1v) is 14.8. The molecular formula is C32H66N2O5. The molecule has 1 aliphatic heterocycles. The van der Waals surface area contributed by atoms with Gasteiger partial charge in [-0.1, -0.05) is 82.6 Å². The van der Waals surface area contributed by atoms with Gasteiger partial charge in [-0.3, -0.25) is 14.5 Å². The number of hydrogen-bond donors (Lipinski definition) is 1. The molecular weight excluding hydrogens is 492 g/mol. The summed E-state index contributed by atoms with van der Waals surface area (Å²) in [5.41, 5.74) is 0.312. The minimum Gasteiger partial charge on any atom is -0.466 e. The van der Waals surface area contributed by atoms with E-state index in [1.807, 2.05) is 62.3 Å². The first-order valence-electron chi connectivity index (χ1n) is 14.8. The first-order chi connectivity index (χ1) is 17.4. The fourth-order valence-electron chi connectivity index (χ4n) is 2.87. The van der Waals surface area contributed by atoms with E-state index < -0.39 is 0 Å². The number of rotatable bonds is 7. The molecule has 0 aromatic carbocycles.